The van der Waals surface area contributed by atoms with Gasteiger partial charge in [-0.25, -0.2) is 9.80 Å². The molecule has 1 aliphatic rings. The largest absolute Gasteiger partial charge is 0.507 e. The summed E-state index contributed by atoms with van der Waals surface area (Å²) in [6.45, 7) is 3.17. The lowest BCUT2D eigenvalue weighted by atomic mass is 10.0. The molecule has 0 saturated carbocycles. The number of hydrogen-bond donors (Lipinski definition) is 1. The van der Waals surface area contributed by atoms with Crippen LogP contribution in [0, 0.1) is 13.8 Å². The highest BCUT2D eigenvalue weighted by Crippen LogP contribution is 2.33. The molecule has 0 radical (unpaired) electrons. The van der Waals surface area contributed by atoms with Crippen LogP contribution in [0.2, 0.25) is 0 Å². The SMILES string of the molecule is Cc1ccc(C2=NN(C(=O)COC(=O)c3cccc(C)c3O)[C@@H](c3ccco3)C2)cc1. The lowest BCUT2D eigenvalue weighted by molar-refractivity contribution is -0.136. The Balaban J connectivity index is 1.52. The summed E-state index contributed by atoms with van der Waals surface area (Å²) in [7, 11) is 0. The molecule has 0 fully saturated rings. The zero-order chi connectivity index (χ0) is 22.0. The highest BCUT2D eigenvalue weighted by molar-refractivity contribution is 6.03. The monoisotopic (exact) mass is 418 g/mol. The Morgan fingerprint density at radius 3 is 2.61 bits per heavy atom. The molecule has 31 heavy (non-hydrogen) atoms. The van der Waals surface area contributed by atoms with Gasteiger partial charge in [0.25, 0.3) is 5.91 Å². The third-order valence-corrected chi connectivity index (χ3v) is 5.21. The molecule has 7 heteroatoms. The maximum absolute atomic E-state index is 12.9. The van der Waals surface area contributed by atoms with Crippen molar-refractivity contribution < 1.29 is 23.8 Å². The normalized spacial score (nSPS) is 15.6. The van der Waals surface area contributed by atoms with Crippen molar-refractivity contribution in [2.24, 2.45) is 5.10 Å². The Labute approximate surface area is 179 Å². The summed E-state index contributed by atoms with van der Waals surface area (Å²) in [6.07, 6.45) is 2.03. The van der Waals surface area contributed by atoms with Gasteiger partial charge >= 0.3 is 5.97 Å². The van der Waals surface area contributed by atoms with Crippen molar-refractivity contribution in [2.45, 2.75) is 26.3 Å². The predicted octanol–water partition coefficient (Wildman–Crippen LogP) is 4.14. The number of hydrogen-bond acceptors (Lipinski definition) is 6. The average molecular weight is 418 g/mol. The predicted molar refractivity (Wildman–Crippen MR) is 114 cm³/mol. The van der Waals surface area contributed by atoms with E-state index in [4.69, 9.17) is 9.15 Å². The fourth-order valence-corrected chi connectivity index (χ4v) is 3.46. The van der Waals surface area contributed by atoms with Gasteiger partial charge in [0.1, 0.15) is 23.1 Å². The van der Waals surface area contributed by atoms with E-state index >= 15 is 0 Å². The Hall–Kier alpha value is -3.87. The van der Waals surface area contributed by atoms with Crippen LogP contribution in [-0.2, 0) is 9.53 Å². The van der Waals surface area contributed by atoms with Crippen molar-refractivity contribution in [1.29, 1.82) is 0 Å². The van der Waals surface area contributed by atoms with E-state index in [0.717, 1.165) is 16.8 Å². The van der Waals surface area contributed by atoms with Crippen LogP contribution < -0.4 is 0 Å². The van der Waals surface area contributed by atoms with Crippen molar-refractivity contribution in [2.75, 3.05) is 6.61 Å². The Morgan fingerprint density at radius 2 is 1.90 bits per heavy atom. The summed E-state index contributed by atoms with van der Waals surface area (Å²) in [5.74, 6) is -0.814. The number of hydrazone groups is 1. The van der Waals surface area contributed by atoms with Crippen molar-refractivity contribution in [3.63, 3.8) is 0 Å². The molecule has 158 valence electrons. The van der Waals surface area contributed by atoms with Crippen molar-refractivity contribution in [3.05, 3.63) is 88.9 Å². The van der Waals surface area contributed by atoms with Crippen LogP contribution in [-0.4, -0.2) is 34.3 Å². The molecule has 0 aliphatic carbocycles. The number of aromatic hydroxyl groups is 1. The van der Waals surface area contributed by atoms with E-state index in [-0.39, 0.29) is 11.3 Å². The second-order valence-corrected chi connectivity index (χ2v) is 7.43. The van der Waals surface area contributed by atoms with Crippen LogP contribution in [0.25, 0.3) is 0 Å². The van der Waals surface area contributed by atoms with Gasteiger partial charge in [0, 0.05) is 6.42 Å². The van der Waals surface area contributed by atoms with Crippen molar-refractivity contribution in [3.8, 4) is 5.75 Å². The third kappa shape index (κ3) is 4.21. The number of phenolic OH excluding ortho intramolecular Hbond substituents is 1. The number of ether oxygens (including phenoxy) is 1. The highest BCUT2D eigenvalue weighted by atomic mass is 16.5. The minimum atomic E-state index is -0.772. The molecule has 2 heterocycles. The number of aryl methyl sites for hydroxylation is 2. The lowest BCUT2D eigenvalue weighted by Crippen LogP contribution is -2.31. The summed E-state index contributed by atoms with van der Waals surface area (Å²) >= 11 is 0. The fraction of sp³-hybridized carbons (Fsp3) is 0.208. The molecule has 7 nitrogen and oxygen atoms in total. The molecule has 0 saturated heterocycles. The first-order valence-corrected chi connectivity index (χ1v) is 9.89. The molecule has 4 rings (SSSR count). The number of rotatable bonds is 5. The maximum Gasteiger partial charge on any atom is 0.342 e. The number of carbonyl (C=O) groups is 2. The van der Waals surface area contributed by atoms with Gasteiger partial charge in [-0.15, -0.1) is 0 Å². The van der Waals surface area contributed by atoms with E-state index in [9.17, 15) is 14.7 Å². The first-order chi connectivity index (χ1) is 14.9. The molecule has 1 aliphatic heterocycles. The number of amides is 1. The summed E-state index contributed by atoms with van der Waals surface area (Å²) in [6, 6.07) is 15.8. The zero-order valence-electron chi connectivity index (χ0n) is 17.2. The lowest BCUT2D eigenvalue weighted by Gasteiger charge is -2.19. The number of phenols is 1. The number of nitrogens with zero attached hydrogens (tertiary/aromatic N) is 2. The molecular formula is C24H22N2O5. The highest BCUT2D eigenvalue weighted by Gasteiger charge is 2.35. The number of esters is 1. The molecular weight excluding hydrogens is 396 g/mol. The number of benzene rings is 2. The Bertz CT molecular complexity index is 1130. The standard InChI is InChI=1S/C24H22N2O5/c1-15-8-10-17(11-9-15)19-13-20(21-7-4-12-30-21)26(25-19)22(27)14-31-24(29)18-6-3-5-16(2)23(18)28/h3-12,20,28H,13-14H2,1-2H3/t20-/m1/s1. The minimum absolute atomic E-state index is 0.0145. The molecule has 1 N–H and O–H groups in total. The number of carbonyl (C=O) groups excluding carboxylic acids is 2. The van der Waals surface area contributed by atoms with Gasteiger partial charge in [-0.3, -0.25) is 4.79 Å². The summed E-state index contributed by atoms with van der Waals surface area (Å²) < 4.78 is 10.7. The van der Waals surface area contributed by atoms with Crippen LogP contribution in [0.1, 0.15) is 45.3 Å². The second-order valence-electron chi connectivity index (χ2n) is 7.43. The summed E-state index contributed by atoms with van der Waals surface area (Å²) in [5, 5.41) is 15.9. The van der Waals surface area contributed by atoms with Crippen LogP contribution >= 0.6 is 0 Å². The summed E-state index contributed by atoms with van der Waals surface area (Å²) in [5.41, 5.74) is 3.35. The average Bonchev–Trinajstić information content (AvgIpc) is 3.44. The molecule has 3 aromatic rings. The van der Waals surface area contributed by atoms with Crippen molar-refractivity contribution in [1.82, 2.24) is 5.01 Å². The smallest absolute Gasteiger partial charge is 0.342 e. The van der Waals surface area contributed by atoms with E-state index in [2.05, 4.69) is 5.10 Å². The first-order valence-electron chi connectivity index (χ1n) is 9.89. The van der Waals surface area contributed by atoms with Gasteiger partial charge in [0.05, 0.1) is 12.0 Å². The number of para-hydroxylation sites is 1. The fourth-order valence-electron chi connectivity index (χ4n) is 3.46. The zero-order valence-corrected chi connectivity index (χ0v) is 17.2. The van der Waals surface area contributed by atoms with Gasteiger partial charge in [-0.05, 0) is 43.2 Å². The molecule has 0 unspecified atom stereocenters. The Kier molecular flexibility index (Phi) is 5.58. The van der Waals surface area contributed by atoms with Gasteiger partial charge in [-0.1, -0.05) is 42.0 Å². The molecule has 0 spiro atoms. The van der Waals surface area contributed by atoms with Crippen LogP contribution in [0.15, 0.2) is 70.4 Å². The maximum atomic E-state index is 12.9. The van der Waals surface area contributed by atoms with E-state index in [1.54, 1.807) is 37.5 Å². The molecule has 1 atom stereocenters. The van der Waals surface area contributed by atoms with Crippen molar-refractivity contribution >= 4 is 17.6 Å². The summed E-state index contributed by atoms with van der Waals surface area (Å²) in [4.78, 5) is 25.3. The number of furan rings is 1. The van der Waals surface area contributed by atoms with Crippen LogP contribution in [0.4, 0.5) is 0 Å². The third-order valence-electron chi connectivity index (χ3n) is 5.21. The Morgan fingerprint density at radius 1 is 1.13 bits per heavy atom. The van der Waals surface area contributed by atoms with Gasteiger partial charge in [0.15, 0.2) is 6.61 Å². The van der Waals surface area contributed by atoms with Crippen LogP contribution in [0.5, 0.6) is 5.75 Å². The molecule has 1 amide bonds. The van der Waals surface area contributed by atoms with E-state index in [0.29, 0.717) is 17.7 Å². The minimum Gasteiger partial charge on any atom is -0.507 e. The van der Waals surface area contributed by atoms with Gasteiger partial charge in [0.2, 0.25) is 0 Å². The topological polar surface area (TPSA) is 92.3 Å². The first kappa shape index (κ1) is 20.4. The van der Waals surface area contributed by atoms with E-state index in [1.165, 1.54) is 11.1 Å². The molecule has 0 bridgehead atoms. The second kappa shape index (κ2) is 8.47. The van der Waals surface area contributed by atoms with Crippen LogP contribution in [0.3, 0.4) is 0 Å². The van der Waals surface area contributed by atoms with E-state index in [1.807, 2.05) is 31.2 Å². The molecule has 2 aromatic carbocycles. The quantitative estimate of drug-likeness (QED) is 0.629. The van der Waals surface area contributed by atoms with Gasteiger partial charge < -0.3 is 14.3 Å². The molecule has 1 aromatic heterocycles. The van der Waals surface area contributed by atoms with E-state index < -0.39 is 24.5 Å². The van der Waals surface area contributed by atoms with Gasteiger partial charge in [-0.2, -0.15) is 5.10 Å².